The van der Waals surface area contributed by atoms with Gasteiger partial charge in [0.05, 0.1) is 11.7 Å². The maximum atomic E-state index is 13.2. The number of anilines is 1. The Kier molecular flexibility index (Phi) is 8.89. The Morgan fingerprint density at radius 1 is 1.15 bits per heavy atom. The van der Waals surface area contributed by atoms with Gasteiger partial charge in [-0.05, 0) is 57.8 Å². The van der Waals surface area contributed by atoms with Crippen molar-refractivity contribution in [3.8, 4) is 5.75 Å². The fraction of sp³-hybridized carbons (Fsp3) is 0.667. The number of aryl methyl sites for hydroxylation is 1. The molecule has 10 heteroatoms. The van der Waals surface area contributed by atoms with Crippen molar-refractivity contribution in [2.24, 2.45) is 0 Å². The van der Waals surface area contributed by atoms with E-state index in [1.807, 2.05) is 6.92 Å². The molecule has 0 saturated carbocycles. The van der Waals surface area contributed by atoms with Crippen LogP contribution in [0.4, 0.5) is 5.69 Å². The first-order chi connectivity index (χ1) is 16.1. The van der Waals surface area contributed by atoms with Crippen molar-refractivity contribution in [3.63, 3.8) is 0 Å². The van der Waals surface area contributed by atoms with E-state index in [9.17, 15) is 30.0 Å². The number of ether oxygens (including phenoxy) is 2. The number of likely N-dealkylation sites (tertiary alicyclic amines) is 1. The van der Waals surface area contributed by atoms with Crippen LogP contribution in [0.5, 0.6) is 5.75 Å². The van der Waals surface area contributed by atoms with E-state index >= 15 is 0 Å². The van der Waals surface area contributed by atoms with Crippen molar-refractivity contribution < 1.29 is 39.5 Å². The molecular weight excluding hydrogens is 444 g/mol. The summed E-state index contributed by atoms with van der Waals surface area (Å²) in [6, 6.07) is 3.15. The van der Waals surface area contributed by atoms with Crippen molar-refractivity contribution in [2.75, 3.05) is 18.4 Å². The fourth-order valence-electron chi connectivity index (χ4n) is 4.55. The SMILES string of the molecule is CCCCN1CCCCC1C(=O)Nc1c(C)ccc(OC2O[C@H](C(=O)O)[C@@H](O)[C@H](O)[C@H]2O)c1C. The van der Waals surface area contributed by atoms with Gasteiger partial charge in [0.2, 0.25) is 12.2 Å². The van der Waals surface area contributed by atoms with Crippen LogP contribution in [0.25, 0.3) is 0 Å². The van der Waals surface area contributed by atoms with Crippen molar-refractivity contribution in [1.29, 1.82) is 0 Å². The van der Waals surface area contributed by atoms with E-state index in [0.717, 1.165) is 50.8 Å². The van der Waals surface area contributed by atoms with E-state index in [2.05, 4.69) is 17.1 Å². The summed E-state index contributed by atoms with van der Waals surface area (Å²) >= 11 is 0. The number of carbonyl (C=O) groups is 2. The number of unbranched alkanes of at least 4 members (excludes halogenated alkanes) is 1. The van der Waals surface area contributed by atoms with E-state index in [-0.39, 0.29) is 17.7 Å². The standard InChI is InChI=1S/C24H36N2O8/c1-4-5-11-26-12-7-6-8-15(26)22(30)25-17-13(2)9-10-16(14(17)3)33-24-20(29)18(27)19(28)21(34-24)23(31)32/h9-10,15,18-21,24,27-29H,4-8,11-12H2,1-3H3,(H,25,30)(H,31,32)/t15?,18-,19-,20+,21-,24?/m0/s1. The summed E-state index contributed by atoms with van der Waals surface area (Å²) in [5, 5.41) is 42.5. The molecule has 0 aromatic heterocycles. The summed E-state index contributed by atoms with van der Waals surface area (Å²) in [4.78, 5) is 26.8. The van der Waals surface area contributed by atoms with E-state index in [1.165, 1.54) is 0 Å². The molecule has 2 aliphatic rings. The van der Waals surface area contributed by atoms with Crippen LogP contribution in [0.2, 0.25) is 0 Å². The molecule has 0 aliphatic carbocycles. The molecule has 0 bridgehead atoms. The molecule has 10 nitrogen and oxygen atoms in total. The minimum absolute atomic E-state index is 0.0856. The van der Waals surface area contributed by atoms with E-state index in [4.69, 9.17) is 9.47 Å². The first-order valence-electron chi connectivity index (χ1n) is 11.9. The van der Waals surface area contributed by atoms with Gasteiger partial charge in [0.1, 0.15) is 24.1 Å². The van der Waals surface area contributed by atoms with E-state index < -0.39 is 36.7 Å². The average Bonchev–Trinajstić information content (AvgIpc) is 2.82. The number of rotatable bonds is 8. The van der Waals surface area contributed by atoms with Gasteiger partial charge in [-0.3, -0.25) is 9.69 Å². The number of carboxylic acid groups (broad SMARTS) is 1. The normalized spacial score (nSPS) is 30.1. The molecule has 6 atom stereocenters. The molecular formula is C24H36N2O8. The molecule has 2 fully saturated rings. The molecule has 2 heterocycles. The van der Waals surface area contributed by atoms with Crippen molar-refractivity contribution in [3.05, 3.63) is 23.3 Å². The summed E-state index contributed by atoms with van der Waals surface area (Å²) in [5.74, 6) is -1.32. The first-order valence-corrected chi connectivity index (χ1v) is 11.9. The lowest BCUT2D eigenvalue weighted by atomic mass is 9.99. The molecule has 2 aliphatic heterocycles. The van der Waals surface area contributed by atoms with Gasteiger partial charge in [-0.25, -0.2) is 4.79 Å². The topological polar surface area (TPSA) is 149 Å². The summed E-state index contributed by atoms with van der Waals surface area (Å²) in [6.45, 7) is 7.50. The number of amides is 1. The smallest absolute Gasteiger partial charge is 0.335 e. The molecule has 34 heavy (non-hydrogen) atoms. The third-order valence-corrected chi connectivity index (χ3v) is 6.64. The Labute approximate surface area is 199 Å². The largest absolute Gasteiger partial charge is 0.479 e. The summed E-state index contributed by atoms with van der Waals surface area (Å²) in [5.41, 5.74) is 1.97. The van der Waals surface area contributed by atoms with Gasteiger partial charge in [0.15, 0.2) is 6.10 Å². The predicted octanol–water partition coefficient (Wildman–Crippen LogP) is 1.17. The van der Waals surface area contributed by atoms with Gasteiger partial charge in [0, 0.05) is 5.56 Å². The summed E-state index contributed by atoms with van der Waals surface area (Å²) in [7, 11) is 0. The number of piperidine rings is 1. The Bertz CT molecular complexity index is 879. The number of aliphatic carboxylic acids is 1. The lowest BCUT2D eigenvalue weighted by Crippen LogP contribution is -2.61. The monoisotopic (exact) mass is 480 g/mol. The number of nitrogens with zero attached hydrogens (tertiary/aromatic N) is 1. The Balaban J connectivity index is 1.78. The van der Waals surface area contributed by atoms with Crippen molar-refractivity contribution in [2.45, 2.75) is 89.6 Å². The average molecular weight is 481 g/mol. The van der Waals surface area contributed by atoms with Crippen LogP contribution in [0, 0.1) is 13.8 Å². The molecule has 0 radical (unpaired) electrons. The number of aliphatic hydroxyl groups is 3. The van der Waals surface area contributed by atoms with Gasteiger partial charge in [0.25, 0.3) is 0 Å². The minimum atomic E-state index is -1.80. The zero-order valence-electron chi connectivity index (χ0n) is 19.9. The van der Waals surface area contributed by atoms with Gasteiger partial charge in [-0.1, -0.05) is 25.8 Å². The number of carbonyl (C=O) groups excluding carboxylic acids is 1. The second-order valence-corrected chi connectivity index (χ2v) is 9.12. The summed E-state index contributed by atoms with van der Waals surface area (Å²) in [6.07, 6.45) is -3.53. The highest BCUT2D eigenvalue weighted by atomic mass is 16.7. The zero-order chi connectivity index (χ0) is 25.0. The molecule has 190 valence electrons. The van der Waals surface area contributed by atoms with Crippen LogP contribution in [0.15, 0.2) is 12.1 Å². The van der Waals surface area contributed by atoms with Crippen LogP contribution in [0.3, 0.4) is 0 Å². The van der Waals surface area contributed by atoms with Crippen LogP contribution >= 0.6 is 0 Å². The third kappa shape index (κ3) is 5.69. The van der Waals surface area contributed by atoms with E-state index in [0.29, 0.717) is 11.3 Å². The van der Waals surface area contributed by atoms with Crippen LogP contribution in [0.1, 0.15) is 50.2 Å². The zero-order valence-corrected chi connectivity index (χ0v) is 19.9. The second-order valence-electron chi connectivity index (χ2n) is 9.12. The predicted molar refractivity (Wildman–Crippen MR) is 124 cm³/mol. The second kappa shape index (κ2) is 11.5. The van der Waals surface area contributed by atoms with Crippen molar-refractivity contribution in [1.82, 2.24) is 4.90 Å². The van der Waals surface area contributed by atoms with E-state index in [1.54, 1.807) is 19.1 Å². The highest BCUT2D eigenvalue weighted by Gasteiger charge is 2.48. The highest BCUT2D eigenvalue weighted by Crippen LogP contribution is 2.33. The van der Waals surface area contributed by atoms with Crippen molar-refractivity contribution >= 4 is 17.6 Å². The number of aliphatic hydroxyl groups excluding tert-OH is 3. The molecule has 2 saturated heterocycles. The molecule has 1 amide bonds. The number of hydrogen-bond donors (Lipinski definition) is 5. The van der Waals surface area contributed by atoms with Gasteiger partial charge in [-0.2, -0.15) is 0 Å². The van der Waals surface area contributed by atoms with Crippen LogP contribution in [-0.4, -0.2) is 87.0 Å². The Hall–Kier alpha value is -2.24. The van der Waals surface area contributed by atoms with Gasteiger partial charge < -0.3 is 35.2 Å². The summed E-state index contributed by atoms with van der Waals surface area (Å²) < 4.78 is 10.9. The first kappa shape index (κ1) is 26.4. The number of benzene rings is 1. The lowest BCUT2D eigenvalue weighted by Gasteiger charge is -2.38. The quantitative estimate of drug-likeness (QED) is 0.370. The third-order valence-electron chi connectivity index (χ3n) is 6.64. The van der Waals surface area contributed by atoms with Gasteiger partial charge >= 0.3 is 5.97 Å². The molecule has 1 aromatic rings. The number of carboxylic acids is 1. The number of nitrogens with one attached hydrogen (secondary N) is 1. The van der Waals surface area contributed by atoms with Gasteiger partial charge in [-0.15, -0.1) is 0 Å². The molecule has 2 unspecified atom stereocenters. The lowest BCUT2D eigenvalue weighted by molar-refractivity contribution is -0.271. The fourth-order valence-corrected chi connectivity index (χ4v) is 4.55. The molecule has 1 aromatic carbocycles. The molecule has 5 N–H and O–H groups in total. The maximum absolute atomic E-state index is 13.2. The van der Waals surface area contributed by atoms with Crippen LogP contribution < -0.4 is 10.1 Å². The number of hydrogen-bond acceptors (Lipinski definition) is 8. The molecule has 3 rings (SSSR count). The molecule has 0 spiro atoms. The Morgan fingerprint density at radius 2 is 1.88 bits per heavy atom. The highest BCUT2D eigenvalue weighted by molar-refractivity contribution is 5.96. The minimum Gasteiger partial charge on any atom is -0.479 e. The van der Waals surface area contributed by atoms with Crippen LogP contribution in [-0.2, 0) is 14.3 Å². The maximum Gasteiger partial charge on any atom is 0.335 e. The Morgan fingerprint density at radius 3 is 2.56 bits per heavy atom.